The maximum Gasteiger partial charge on any atom is 0.410 e. The second-order valence-electron chi connectivity index (χ2n) is 7.57. The Morgan fingerprint density at radius 1 is 1.11 bits per heavy atom. The Kier molecular flexibility index (Phi) is 7.42. The van der Waals surface area contributed by atoms with E-state index in [1.54, 1.807) is 9.80 Å². The molecule has 1 aliphatic heterocycles. The molecule has 2 amide bonds. The van der Waals surface area contributed by atoms with Crippen molar-refractivity contribution in [2.24, 2.45) is 0 Å². The summed E-state index contributed by atoms with van der Waals surface area (Å²) in [5.41, 5.74) is 0.382. The fourth-order valence-electron chi connectivity index (χ4n) is 3.99. The Bertz CT molecular complexity index is 633. The summed E-state index contributed by atoms with van der Waals surface area (Å²) in [6.45, 7) is 1.57. The van der Waals surface area contributed by atoms with Gasteiger partial charge in [-0.15, -0.1) is 0 Å². The Balaban J connectivity index is 1.47. The number of ether oxygens (including phenoxy) is 1. The summed E-state index contributed by atoms with van der Waals surface area (Å²) in [6, 6.07) is -0.770. The Morgan fingerprint density at radius 2 is 1.75 bits per heavy atom. The van der Waals surface area contributed by atoms with E-state index in [0.717, 1.165) is 25.7 Å². The Morgan fingerprint density at radius 3 is 2.36 bits per heavy atom. The molecule has 10 heteroatoms. The van der Waals surface area contributed by atoms with Crippen molar-refractivity contribution < 1.29 is 27.5 Å². The zero-order valence-electron chi connectivity index (χ0n) is 15.8. The van der Waals surface area contributed by atoms with Crippen LogP contribution in [0.15, 0.2) is 11.6 Å². The number of nitrogens with one attached hydrogen (secondary N) is 1. The second kappa shape index (κ2) is 9.80. The van der Waals surface area contributed by atoms with E-state index in [0.29, 0.717) is 38.2 Å². The number of halogens is 1. The summed E-state index contributed by atoms with van der Waals surface area (Å²) < 4.78 is 41.6. The van der Waals surface area contributed by atoms with E-state index in [9.17, 15) is 18.2 Å². The molecule has 3 atom stereocenters. The molecule has 0 bridgehead atoms. The second-order valence-corrected chi connectivity index (χ2v) is 8.31. The number of hydrogen-bond donors (Lipinski definition) is 2. The van der Waals surface area contributed by atoms with Crippen LogP contribution in [0.5, 0.6) is 0 Å². The van der Waals surface area contributed by atoms with Gasteiger partial charge < -0.3 is 14.5 Å². The number of amides is 2. The van der Waals surface area contributed by atoms with Crippen molar-refractivity contribution in [2.75, 3.05) is 26.2 Å². The Labute approximate surface area is 166 Å². The molecule has 0 aromatic heterocycles. The number of carbonyl (C=O) groups excluding carboxylic acids is 2. The van der Waals surface area contributed by atoms with Gasteiger partial charge in [-0.25, -0.2) is 18.1 Å². The smallest absolute Gasteiger partial charge is 0.410 e. The molecule has 2 N–H and O–H groups in total. The fraction of sp³-hybridized carbons (Fsp3) is 0.778. The summed E-state index contributed by atoms with van der Waals surface area (Å²) in [5, 5.41) is 0. The highest BCUT2D eigenvalue weighted by atomic mass is 32.2. The molecule has 3 unspecified atom stereocenters. The van der Waals surface area contributed by atoms with Crippen LogP contribution in [0, 0.1) is 0 Å². The molecular weight excluding hydrogens is 389 g/mol. The number of piperazine rings is 1. The first kappa shape index (κ1) is 21.2. The molecule has 0 aromatic rings. The molecule has 1 saturated heterocycles. The minimum Gasteiger partial charge on any atom is -0.446 e. The first-order valence-electron chi connectivity index (χ1n) is 9.90. The van der Waals surface area contributed by atoms with Crippen LogP contribution in [0.1, 0.15) is 44.9 Å². The molecule has 2 fully saturated rings. The molecule has 28 heavy (non-hydrogen) atoms. The third-order valence-corrected chi connectivity index (χ3v) is 6.15. The predicted octanol–water partition coefficient (Wildman–Crippen LogP) is 1.75. The average molecular weight is 418 g/mol. The fourth-order valence-corrected chi connectivity index (χ4v) is 4.50. The van der Waals surface area contributed by atoms with Crippen LogP contribution in [-0.2, 0) is 20.8 Å². The SMILES string of the molecule is O=C(OC1CCCCC1)N1CCN(C(=O)C2=CC(F)C(NS(=O)O)CC2)CC1. The number of carbonyl (C=O) groups is 2. The highest BCUT2D eigenvalue weighted by molar-refractivity contribution is 7.77. The number of alkyl halides is 1. The monoisotopic (exact) mass is 417 g/mol. The molecule has 0 aromatic carbocycles. The highest BCUT2D eigenvalue weighted by Gasteiger charge is 2.32. The van der Waals surface area contributed by atoms with Gasteiger partial charge in [0.05, 0.1) is 6.04 Å². The normalized spacial score (nSPS) is 27.9. The first-order valence-corrected chi connectivity index (χ1v) is 11.0. The van der Waals surface area contributed by atoms with Gasteiger partial charge in [-0.2, -0.15) is 0 Å². The van der Waals surface area contributed by atoms with E-state index in [-0.39, 0.29) is 24.5 Å². The summed E-state index contributed by atoms with van der Waals surface area (Å²) in [7, 11) is 0. The number of nitrogens with zero attached hydrogens (tertiary/aromatic N) is 2. The molecule has 0 spiro atoms. The third-order valence-electron chi connectivity index (χ3n) is 5.64. The van der Waals surface area contributed by atoms with Crippen molar-refractivity contribution in [1.29, 1.82) is 0 Å². The van der Waals surface area contributed by atoms with E-state index in [1.807, 2.05) is 0 Å². The van der Waals surface area contributed by atoms with Crippen LogP contribution in [0.25, 0.3) is 0 Å². The molecule has 0 radical (unpaired) electrons. The van der Waals surface area contributed by atoms with Gasteiger partial charge in [0.15, 0.2) is 0 Å². The van der Waals surface area contributed by atoms with Gasteiger partial charge in [-0.3, -0.25) is 9.35 Å². The number of hydrogen-bond acceptors (Lipinski definition) is 4. The van der Waals surface area contributed by atoms with Gasteiger partial charge in [-0.05, 0) is 44.6 Å². The maximum absolute atomic E-state index is 14.2. The largest absolute Gasteiger partial charge is 0.446 e. The zero-order valence-corrected chi connectivity index (χ0v) is 16.7. The van der Waals surface area contributed by atoms with E-state index >= 15 is 0 Å². The summed E-state index contributed by atoms with van der Waals surface area (Å²) in [4.78, 5) is 28.2. The van der Waals surface area contributed by atoms with Crippen LogP contribution in [0.3, 0.4) is 0 Å². The Hall–Kier alpha value is -1.52. The van der Waals surface area contributed by atoms with E-state index in [4.69, 9.17) is 9.29 Å². The molecule has 3 aliphatic rings. The molecule has 1 saturated carbocycles. The van der Waals surface area contributed by atoms with Crippen molar-refractivity contribution in [2.45, 2.75) is 63.3 Å². The van der Waals surface area contributed by atoms with Gasteiger partial charge in [-0.1, -0.05) is 6.42 Å². The van der Waals surface area contributed by atoms with E-state index in [1.165, 1.54) is 12.5 Å². The van der Waals surface area contributed by atoms with E-state index < -0.39 is 23.5 Å². The molecule has 3 rings (SSSR count). The van der Waals surface area contributed by atoms with Crippen LogP contribution in [-0.4, -0.2) is 75.1 Å². The quantitative estimate of drug-likeness (QED) is 0.679. The minimum atomic E-state index is -2.29. The molecule has 1 heterocycles. The molecule has 2 aliphatic carbocycles. The van der Waals surface area contributed by atoms with Crippen molar-refractivity contribution in [3.8, 4) is 0 Å². The summed E-state index contributed by atoms with van der Waals surface area (Å²) in [6.07, 6.45) is 5.28. The van der Waals surface area contributed by atoms with Crippen molar-refractivity contribution >= 4 is 23.3 Å². The van der Waals surface area contributed by atoms with Crippen molar-refractivity contribution in [3.05, 3.63) is 11.6 Å². The van der Waals surface area contributed by atoms with Crippen LogP contribution in [0.4, 0.5) is 9.18 Å². The maximum atomic E-state index is 14.2. The minimum absolute atomic E-state index is 0.00426. The predicted molar refractivity (Wildman–Crippen MR) is 101 cm³/mol. The lowest BCUT2D eigenvalue weighted by atomic mass is 9.93. The summed E-state index contributed by atoms with van der Waals surface area (Å²) >= 11 is -2.29. The van der Waals surface area contributed by atoms with Crippen LogP contribution in [0.2, 0.25) is 0 Å². The van der Waals surface area contributed by atoms with Gasteiger partial charge in [0.1, 0.15) is 12.3 Å². The standard InChI is InChI=1S/C18H28FN3O5S/c19-15-12-13(6-7-16(15)20-28(25)26)17(23)21-8-10-22(11-9-21)18(24)27-14-4-2-1-3-5-14/h12,14-16,20H,1-11H2,(H,25,26). The topological polar surface area (TPSA) is 99.2 Å². The first-order chi connectivity index (χ1) is 13.4. The summed E-state index contributed by atoms with van der Waals surface area (Å²) in [5.74, 6) is -0.230. The van der Waals surface area contributed by atoms with E-state index in [2.05, 4.69) is 4.72 Å². The van der Waals surface area contributed by atoms with Gasteiger partial charge >= 0.3 is 6.09 Å². The lowest BCUT2D eigenvalue weighted by molar-refractivity contribution is -0.129. The lowest BCUT2D eigenvalue weighted by Crippen LogP contribution is -2.52. The van der Waals surface area contributed by atoms with Gasteiger partial charge in [0.2, 0.25) is 17.2 Å². The molecular formula is C18H28FN3O5S. The van der Waals surface area contributed by atoms with Crippen molar-refractivity contribution in [1.82, 2.24) is 14.5 Å². The van der Waals surface area contributed by atoms with Gasteiger partial charge in [0, 0.05) is 31.8 Å². The highest BCUT2D eigenvalue weighted by Crippen LogP contribution is 2.24. The van der Waals surface area contributed by atoms with Gasteiger partial charge in [0.25, 0.3) is 0 Å². The van der Waals surface area contributed by atoms with Crippen LogP contribution < -0.4 is 4.72 Å². The zero-order chi connectivity index (χ0) is 20.1. The molecule has 158 valence electrons. The average Bonchev–Trinajstić information content (AvgIpc) is 2.69. The number of rotatable bonds is 4. The third kappa shape index (κ3) is 5.51. The molecule has 8 nitrogen and oxygen atoms in total. The van der Waals surface area contributed by atoms with Crippen LogP contribution >= 0.6 is 0 Å². The van der Waals surface area contributed by atoms with Crippen molar-refractivity contribution in [3.63, 3.8) is 0 Å². The lowest BCUT2D eigenvalue weighted by Gasteiger charge is -2.36.